The Morgan fingerprint density at radius 2 is 0.593 bits per heavy atom. The van der Waals surface area contributed by atoms with Crippen LogP contribution in [0.1, 0.15) is 141 Å². The van der Waals surface area contributed by atoms with Gasteiger partial charge in [0.25, 0.3) is 0 Å². The third-order valence-corrected chi connectivity index (χ3v) is 5.22. The molecule has 0 spiro atoms. The lowest BCUT2D eigenvalue weighted by Gasteiger charge is -2.18. The standard InChI is InChI=1S/C8H18.C7H16.C6H14.6CH4/c1-6(2)8(5)7(3)4;1-5-7(4)6(2)3;1-5(2)6(3)4;;;;;;/h6-8H,1-5H3;6-7H,5H2,1-4H3;5-6H,1-4H3;6*1H4. The largest absolute Gasteiger partial charge is 0.0776 e. The summed E-state index contributed by atoms with van der Waals surface area (Å²) in [6.45, 7) is 29.5. The first-order valence-electron chi connectivity index (χ1n) is 9.38. The Morgan fingerprint density at radius 1 is 0.370 bits per heavy atom. The summed E-state index contributed by atoms with van der Waals surface area (Å²) in [6, 6.07) is 0. The number of hydrogen-bond donors (Lipinski definition) is 0. The van der Waals surface area contributed by atoms with E-state index in [1.54, 1.807) is 0 Å². The van der Waals surface area contributed by atoms with Crippen molar-refractivity contribution in [2.45, 2.75) is 141 Å². The summed E-state index contributed by atoms with van der Waals surface area (Å²) in [7, 11) is 0. The molecule has 0 nitrogen and oxygen atoms in total. The Hall–Kier alpha value is 0. The second kappa shape index (κ2) is 33.6. The second-order valence-electron chi connectivity index (χ2n) is 8.46. The summed E-state index contributed by atoms with van der Waals surface area (Å²) in [4.78, 5) is 0. The first kappa shape index (κ1) is 56.3. The highest BCUT2D eigenvalue weighted by Gasteiger charge is 2.09. The molecule has 1 atom stereocenters. The monoisotopic (exact) mass is 397 g/mol. The van der Waals surface area contributed by atoms with E-state index in [-0.39, 0.29) is 44.6 Å². The van der Waals surface area contributed by atoms with Crippen LogP contribution >= 0.6 is 0 Å². The molecule has 0 N–H and O–H groups in total. The minimum atomic E-state index is 0. The molecule has 0 bridgehead atoms. The van der Waals surface area contributed by atoms with Crippen molar-refractivity contribution in [1.29, 1.82) is 0 Å². The average Bonchev–Trinajstić information content (AvgIpc) is 2.37. The normalized spacial score (nSPS) is 9.89. The summed E-state index contributed by atoms with van der Waals surface area (Å²) in [5.74, 6) is 6.03. The van der Waals surface area contributed by atoms with Crippen LogP contribution in [0.4, 0.5) is 0 Å². The van der Waals surface area contributed by atoms with Gasteiger partial charge in [-0.25, -0.2) is 0 Å². The Labute approximate surface area is 182 Å². The van der Waals surface area contributed by atoms with Crippen molar-refractivity contribution in [2.75, 3.05) is 0 Å². The summed E-state index contributed by atoms with van der Waals surface area (Å²) < 4.78 is 0. The van der Waals surface area contributed by atoms with E-state index in [4.69, 9.17) is 0 Å². The zero-order valence-electron chi connectivity index (χ0n) is 17.7. The second-order valence-corrected chi connectivity index (χ2v) is 8.46. The van der Waals surface area contributed by atoms with Crippen molar-refractivity contribution in [1.82, 2.24) is 0 Å². The first-order valence-corrected chi connectivity index (χ1v) is 9.38. The van der Waals surface area contributed by atoms with Gasteiger partial charge in [0.15, 0.2) is 0 Å². The van der Waals surface area contributed by atoms with Crippen LogP contribution in [0.5, 0.6) is 0 Å². The topological polar surface area (TPSA) is 0 Å². The molecule has 0 heterocycles. The smallest absolute Gasteiger partial charge is 0.0396 e. The highest BCUT2D eigenvalue weighted by atomic mass is 14.2. The van der Waals surface area contributed by atoms with Crippen molar-refractivity contribution in [3.63, 3.8) is 0 Å². The number of rotatable bonds is 5. The van der Waals surface area contributed by atoms with Crippen molar-refractivity contribution < 1.29 is 0 Å². The van der Waals surface area contributed by atoms with Crippen molar-refractivity contribution in [2.24, 2.45) is 41.4 Å². The van der Waals surface area contributed by atoms with E-state index in [1.165, 1.54) is 6.42 Å². The molecule has 0 radical (unpaired) electrons. The quantitative estimate of drug-likeness (QED) is 0.433. The minimum absolute atomic E-state index is 0. The molecule has 0 fully saturated rings. The van der Waals surface area contributed by atoms with Gasteiger partial charge in [0.05, 0.1) is 0 Å². The zero-order chi connectivity index (χ0) is 17.7. The number of hydrogen-bond acceptors (Lipinski definition) is 0. The Bertz CT molecular complexity index is 172. The van der Waals surface area contributed by atoms with Crippen LogP contribution in [0.3, 0.4) is 0 Å². The molecule has 0 aliphatic rings. The summed E-state index contributed by atoms with van der Waals surface area (Å²) in [5.41, 5.74) is 0. The van der Waals surface area contributed by atoms with E-state index in [0.29, 0.717) is 0 Å². The van der Waals surface area contributed by atoms with Gasteiger partial charge in [-0.2, -0.15) is 0 Å². The summed E-state index contributed by atoms with van der Waals surface area (Å²) in [6.07, 6.45) is 1.32. The molecule has 0 heteroatoms. The molecule has 0 rings (SSSR count). The van der Waals surface area contributed by atoms with Gasteiger partial charge in [0.2, 0.25) is 0 Å². The van der Waals surface area contributed by atoms with Crippen LogP contribution in [0.25, 0.3) is 0 Å². The third-order valence-electron chi connectivity index (χ3n) is 5.22. The van der Waals surface area contributed by atoms with Crippen LogP contribution < -0.4 is 0 Å². The third kappa shape index (κ3) is 46.2. The molecule has 27 heavy (non-hydrogen) atoms. The van der Waals surface area contributed by atoms with Crippen molar-refractivity contribution in [3.8, 4) is 0 Å². The molecule has 0 aromatic carbocycles. The minimum Gasteiger partial charge on any atom is -0.0776 e. The molecule has 0 aliphatic carbocycles. The molecular weight excluding hydrogens is 324 g/mol. The molecule has 0 aromatic heterocycles. The zero-order valence-corrected chi connectivity index (χ0v) is 17.7. The lowest BCUT2D eigenvalue weighted by molar-refractivity contribution is 0.316. The van der Waals surface area contributed by atoms with Crippen LogP contribution in [-0.4, -0.2) is 0 Å². The first-order chi connectivity index (χ1) is 9.38. The molecule has 0 saturated carbocycles. The summed E-state index contributed by atoms with van der Waals surface area (Å²) in [5, 5.41) is 0. The lowest BCUT2D eigenvalue weighted by atomic mass is 9.88. The Balaban J connectivity index is -0.0000000233. The van der Waals surface area contributed by atoms with Crippen LogP contribution in [0.2, 0.25) is 0 Å². The van der Waals surface area contributed by atoms with E-state index < -0.39 is 0 Å². The maximum atomic E-state index is 2.31. The van der Waals surface area contributed by atoms with E-state index in [2.05, 4.69) is 90.0 Å². The van der Waals surface area contributed by atoms with Crippen LogP contribution in [0.15, 0.2) is 0 Å². The van der Waals surface area contributed by atoms with Gasteiger partial charge in [-0.05, 0) is 41.4 Å². The highest BCUT2D eigenvalue weighted by Crippen LogP contribution is 2.18. The van der Waals surface area contributed by atoms with Gasteiger partial charge >= 0.3 is 0 Å². The van der Waals surface area contributed by atoms with E-state index >= 15 is 0 Å². The molecule has 0 amide bonds. The predicted molar refractivity (Wildman–Crippen MR) is 143 cm³/mol. The maximum Gasteiger partial charge on any atom is -0.0396 e. The van der Waals surface area contributed by atoms with E-state index in [9.17, 15) is 0 Å². The SMILES string of the molecule is C.C.C.C.C.C.CC(C)C(C)C.CC(C)C(C)C(C)C.CCC(C)C(C)C. The molecule has 0 saturated heterocycles. The lowest BCUT2D eigenvalue weighted by Crippen LogP contribution is -2.10. The fourth-order valence-corrected chi connectivity index (χ4v) is 1.24. The van der Waals surface area contributed by atoms with E-state index in [1.807, 2.05) is 0 Å². The van der Waals surface area contributed by atoms with Gasteiger partial charge in [-0.1, -0.05) is 141 Å². The van der Waals surface area contributed by atoms with Gasteiger partial charge < -0.3 is 0 Å². The molecule has 1 unspecified atom stereocenters. The Kier molecular flexibility index (Phi) is 70.1. The highest BCUT2D eigenvalue weighted by molar-refractivity contribution is 4.59. The molecule has 180 valence electrons. The van der Waals surface area contributed by atoms with E-state index in [0.717, 1.165) is 41.4 Å². The molecule has 0 aromatic rings. The fourth-order valence-electron chi connectivity index (χ4n) is 1.24. The molecule has 0 aliphatic heterocycles. The van der Waals surface area contributed by atoms with Gasteiger partial charge in [-0.3, -0.25) is 0 Å². The van der Waals surface area contributed by atoms with Gasteiger partial charge in [0.1, 0.15) is 0 Å². The van der Waals surface area contributed by atoms with Gasteiger partial charge in [-0.15, -0.1) is 0 Å². The average molecular weight is 397 g/mol. The van der Waals surface area contributed by atoms with Crippen molar-refractivity contribution >= 4 is 0 Å². The Morgan fingerprint density at radius 3 is 0.593 bits per heavy atom. The summed E-state index contributed by atoms with van der Waals surface area (Å²) >= 11 is 0. The van der Waals surface area contributed by atoms with Crippen LogP contribution in [-0.2, 0) is 0 Å². The van der Waals surface area contributed by atoms with Gasteiger partial charge in [0, 0.05) is 0 Å². The predicted octanol–water partition coefficient (Wildman–Crippen LogP) is 11.7. The van der Waals surface area contributed by atoms with Crippen molar-refractivity contribution in [3.05, 3.63) is 0 Å². The fraction of sp³-hybridized carbons (Fsp3) is 1.00. The maximum absolute atomic E-state index is 2.31. The molecular formula is C27H72. The van der Waals surface area contributed by atoms with Crippen LogP contribution in [0, 0.1) is 41.4 Å².